The van der Waals surface area contributed by atoms with Gasteiger partial charge in [0.1, 0.15) is 18.0 Å². The maximum Gasteiger partial charge on any atom is 0.248 e. The van der Waals surface area contributed by atoms with Crippen LogP contribution in [0, 0.1) is 27.7 Å². The smallest absolute Gasteiger partial charge is 0.248 e. The third-order valence-electron chi connectivity index (χ3n) is 3.15. The van der Waals surface area contributed by atoms with E-state index in [0.717, 1.165) is 27.9 Å². The van der Waals surface area contributed by atoms with E-state index in [1.165, 1.54) is 19.3 Å². The summed E-state index contributed by atoms with van der Waals surface area (Å²) < 4.78 is 22.4. The standard InChI is InChI=1S/C11H17NO2S.C2H8N2O2S/c1-6-8(3)11(13)9(4)7(2)10(6)12-15-14-5;1-3-4-7(5)6-2/h12-13H,1-5H3;3-4H,1-2H3. The lowest BCUT2D eigenvalue weighted by atomic mass is 9.98. The number of phenolic OH excluding ortho intramolecular Hbond substituents is 1. The highest BCUT2D eigenvalue weighted by Gasteiger charge is 2.13. The second kappa shape index (κ2) is 10.8. The summed E-state index contributed by atoms with van der Waals surface area (Å²) in [6.07, 6.45) is 0. The molecule has 4 N–H and O–H groups in total. The van der Waals surface area contributed by atoms with E-state index in [1.54, 1.807) is 14.2 Å². The fraction of sp³-hybridized carbons (Fsp3) is 0.538. The Morgan fingerprint density at radius 1 is 1.05 bits per heavy atom. The van der Waals surface area contributed by atoms with E-state index in [2.05, 4.69) is 19.2 Å². The average molecular weight is 351 g/mol. The van der Waals surface area contributed by atoms with Crippen LogP contribution in [0.25, 0.3) is 0 Å². The summed E-state index contributed by atoms with van der Waals surface area (Å²) in [5.74, 6) is 0.387. The van der Waals surface area contributed by atoms with E-state index in [0.29, 0.717) is 5.75 Å². The number of hydrogen-bond donors (Lipinski definition) is 4. The molecule has 0 aliphatic carbocycles. The fourth-order valence-corrected chi connectivity index (χ4v) is 2.38. The number of anilines is 1. The molecule has 0 aromatic heterocycles. The van der Waals surface area contributed by atoms with Crippen LogP contribution in [0.5, 0.6) is 5.75 Å². The van der Waals surface area contributed by atoms with Gasteiger partial charge < -0.3 is 14.0 Å². The predicted molar refractivity (Wildman–Crippen MR) is 92.6 cm³/mol. The highest BCUT2D eigenvalue weighted by molar-refractivity contribution is 7.96. The van der Waals surface area contributed by atoms with Crippen molar-refractivity contribution in [3.8, 4) is 5.75 Å². The van der Waals surface area contributed by atoms with E-state index in [4.69, 9.17) is 4.18 Å². The van der Waals surface area contributed by atoms with Gasteiger partial charge in [0, 0.05) is 0 Å². The Kier molecular flexibility index (Phi) is 10.4. The molecule has 7 nitrogen and oxygen atoms in total. The Morgan fingerprint density at radius 2 is 1.55 bits per heavy atom. The molecular weight excluding hydrogens is 326 g/mol. The lowest BCUT2D eigenvalue weighted by Crippen LogP contribution is -2.29. The van der Waals surface area contributed by atoms with Crippen molar-refractivity contribution >= 4 is 29.2 Å². The van der Waals surface area contributed by atoms with Gasteiger partial charge >= 0.3 is 0 Å². The molecule has 0 spiro atoms. The van der Waals surface area contributed by atoms with Crippen LogP contribution in [0.3, 0.4) is 0 Å². The minimum atomic E-state index is -1.39. The van der Waals surface area contributed by atoms with Crippen molar-refractivity contribution in [1.82, 2.24) is 10.3 Å². The van der Waals surface area contributed by atoms with Crippen LogP contribution in [-0.4, -0.2) is 30.6 Å². The molecule has 0 saturated heterocycles. The van der Waals surface area contributed by atoms with E-state index in [1.807, 2.05) is 27.7 Å². The molecule has 9 heteroatoms. The van der Waals surface area contributed by atoms with Gasteiger partial charge in [-0.2, -0.15) is 4.83 Å². The molecular formula is C13H25N3O4S2. The molecule has 128 valence electrons. The first kappa shape index (κ1) is 21.2. The molecule has 0 radical (unpaired) electrons. The zero-order valence-corrected chi connectivity index (χ0v) is 15.6. The quantitative estimate of drug-likeness (QED) is 0.270. The number of nitrogens with one attached hydrogen (secondary N) is 3. The van der Waals surface area contributed by atoms with E-state index in [-0.39, 0.29) is 0 Å². The molecule has 0 heterocycles. The normalized spacial score (nSPS) is 11.6. The molecule has 22 heavy (non-hydrogen) atoms. The van der Waals surface area contributed by atoms with Crippen molar-refractivity contribution in [2.45, 2.75) is 27.7 Å². The number of rotatable bonds is 6. The van der Waals surface area contributed by atoms with Gasteiger partial charge in [0.25, 0.3) is 0 Å². The summed E-state index contributed by atoms with van der Waals surface area (Å²) in [6.45, 7) is 7.81. The number of phenols is 1. The van der Waals surface area contributed by atoms with Crippen LogP contribution in [-0.2, 0) is 19.6 Å². The summed E-state index contributed by atoms with van der Waals surface area (Å²) in [5.41, 5.74) is 7.41. The third kappa shape index (κ3) is 6.11. The average Bonchev–Trinajstić information content (AvgIpc) is 2.52. The Labute approximate surface area is 139 Å². The van der Waals surface area contributed by atoms with Crippen LogP contribution >= 0.6 is 12.2 Å². The van der Waals surface area contributed by atoms with Crippen molar-refractivity contribution in [3.05, 3.63) is 22.3 Å². The lowest BCUT2D eigenvalue weighted by Gasteiger charge is -2.17. The van der Waals surface area contributed by atoms with Gasteiger partial charge in [-0.05, 0) is 57.0 Å². The number of hydrogen-bond acceptors (Lipinski definition) is 7. The van der Waals surface area contributed by atoms with Crippen LogP contribution in [0.4, 0.5) is 5.69 Å². The Bertz CT molecular complexity index is 484. The molecule has 0 aliphatic rings. The first-order valence-electron chi connectivity index (χ1n) is 6.45. The minimum absolute atomic E-state index is 0.387. The van der Waals surface area contributed by atoms with Gasteiger partial charge in [-0.25, -0.2) is 9.63 Å². The fourth-order valence-electron chi connectivity index (χ4n) is 1.65. The SMILES string of the molecule is CNNS(=O)OC.COSNc1c(C)c(C)c(O)c(C)c1C. The zero-order valence-electron chi connectivity index (χ0n) is 14.0. The van der Waals surface area contributed by atoms with Crippen LogP contribution in [0.1, 0.15) is 22.3 Å². The topological polar surface area (TPSA) is 91.9 Å². The molecule has 0 amide bonds. The molecule has 1 aromatic rings. The van der Waals surface area contributed by atoms with Crippen molar-refractivity contribution in [2.24, 2.45) is 0 Å². The number of hydrazine groups is 1. The molecule has 0 bridgehead atoms. The van der Waals surface area contributed by atoms with Gasteiger partial charge in [0.15, 0.2) is 0 Å². The summed E-state index contributed by atoms with van der Waals surface area (Å²) in [6, 6.07) is 0. The summed E-state index contributed by atoms with van der Waals surface area (Å²) in [4.78, 5) is 2.30. The Balaban J connectivity index is 0.000000534. The van der Waals surface area contributed by atoms with Gasteiger partial charge in [-0.1, -0.05) is 0 Å². The highest BCUT2D eigenvalue weighted by Crippen LogP contribution is 2.35. The maximum atomic E-state index is 10.1. The van der Waals surface area contributed by atoms with Gasteiger partial charge in [0.2, 0.25) is 11.3 Å². The van der Waals surface area contributed by atoms with Gasteiger partial charge in [0.05, 0.1) is 19.9 Å². The molecule has 1 unspecified atom stereocenters. The second-order valence-corrected chi connectivity index (χ2v) is 6.04. The van der Waals surface area contributed by atoms with E-state index >= 15 is 0 Å². The largest absolute Gasteiger partial charge is 0.507 e. The van der Waals surface area contributed by atoms with E-state index in [9.17, 15) is 9.32 Å². The van der Waals surface area contributed by atoms with Crippen molar-refractivity contribution in [1.29, 1.82) is 0 Å². The Morgan fingerprint density at radius 3 is 1.86 bits per heavy atom. The second-order valence-electron chi connectivity index (χ2n) is 4.33. The van der Waals surface area contributed by atoms with Crippen molar-refractivity contribution < 1.29 is 17.7 Å². The molecule has 0 aliphatic heterocycles. The van der Waals surface area contributed by atoms with Crippen LogP contribution in [0.15, 0.2) is 0 Å². The molecule has 0 saturated carbocycles. The van der Waals surface area contributed by atoms with Crippen LogP contribution in [0.2, 0.25) is 0 Å². The lowest BCUT2D eigenvalue weighted by molar-refractivity contribution is 0.431. The maximum absolute atomic E-state index is 10.1. The highest BCUT2D eigenvalue weighted by atomic mass is 32.2. The summed E-state index contributed by atoms with van der Waals surface area (Å²) in [5, 5.41) is 9.85. The molecule has 1 rings (SSSR count). The van der Waals surface area contributed by atoms with Crippen LogP contribution < -0.4 is 15.0 Å². The summed E-state index contributed by atoms with van der Waals surface area (Å²) in [7, 11) is 4.57. The van der Waals surface area contributed by atoms with Crippen molar-refractivity contribution in [2.75, 3.05) is 26.0 Å². The predicted octanol–water partition coefficient (Wildman–Crippen LogP) is 2.18. The molecule has 0 fully saturated rings. The molecule has 1 aromatic carbocycles. The minimum Gasteiger partial charge on any atom is -0.507 e. The van der Waals surface area contributed by atoms with Gasteiger partial charge in [-0.3, -0.25) is 4.18 Å². The summed E-state index contributed by atoms with van der Waals surface area (Å²) >= 11 is -0.207. The first-order chi connectivity index (χ1) is 10.3. The molecule has 1 atom stereocenters. The van der Waals surface area contributed by atoms with E-state index < -0.39 is 11.3 Å². The number of benzene rings is 1. The van der Waals surface area contributed by atoms with Crippen molar-refractivity contribution in [3.63, 3.8) is 0 Å². The number of aromatic hydroxyl groups is 1. The monoisotopic (exact) mass is 351 g/mol. The third-order valence-corrected chi connectivity index (χ3v) is 4.28. The van der Waals surface area contributed by atoms with Gasteiger partial charge in [-0.15, -0.1) is 0 Å². The first-order valence-corrected chi connectivity index (χ1v) is 8.26. The zero-order chi connectivity index (χ0) is 17.3. The Hall–Kier alpha value is -0.840.